The lowest BCUT2D eigenvalue weighted by molar-refractivity contribution is -0.134. The van der Waals surface area contributed by atoms with Gasteiger partial charge in [-0.15, -0.1) is 0 Å². The van der Waals surface area contributed by atoms with Crippen LogP contribution >= 0.6 is 0 Å². The van der Waals surface area contributed by atoms with Crippen molar-refractivity contribution in [1.29, 1.82) is 0 Å². The molecule has 0 aliphatic carbocycles. The molecule has 0 aromatic heterocycles. The predicted molar refractivity (Wildman–Crippen MR) is 99.0 cm³/mol. The van der Waals surface area contributed by atoms with E-state index in [1.165, 1.54) is 24.8 Å². The van der Waals surface area contributed by atoms with Crippen LogP contribution in [0.5, 0.6) is 0 Å². The third-order valence-electron chi connectivity index (χ3n) is 6.20. The quantitative estimate of drug-likeness (QED) is 0.916. The van der Waals surface area contributed by atoms with Gasteiger partial charge in [-0.05, 0) is 56.2 Å². The van der Waals surface area contributed by atoms with E-state index in [9.17, 15) is 4.79 Å². The summed E-state index contributed by atoms with van der Waals surface area (Å²) in [6, 6.07) is 10.7. The van der Waals surface area contributed by atoms with E-state index >= 15 is 0 Å². The number of carbonyl (C=O) groups is 1. The first-order chi connectivity index (χ1) is 11.6. The molecule has 3 rings (SSSR count). The Balaban J connectivity index is 1.60. The van der Waals surface area contributed by atoms with Crippen LogP contribution in [-0.2, 0) is 10.2 Å². The second-order valence-electron chi connectivity index (χ2n) is 8.11. The minimum absolute atomic E-state index is 0.104. The zero-order valence-corrected chi connectivity index (χ0v) is 15.3. The van der Waals surface area contributed by atoms with Gasteiger partial charge in [-0.2, -0.15) is 0 Å². The van der Waals surface area contributed by atoms with Crippen molar-refractivity contribution in [2.75, 3.05) is 26.2 Å². The standard InChI is InChI=1S/C21H32N2O/c1-17(18-9-12-22-13-10-18)15-20(24)23-14-6-11-21(2,16-23)19-7-4-3-5-8-19/h3-5,7-8,17-18,22H,6,9-16H2,1-2H3. The summed E-state index contributed by atoms with van der Waals surface area (Å²) in [7, 11) is 0. The number of hydrogen-bond donors (Lipinski definition) is 1. The van der Waals surface area contributed by atoms with E-state index in [0.29, 0.717) is 17.7 Å². The van der Waals surface area contributed by atoms with E-state index in [1.54, 1.807) is 0 Å². The second kappa shape index (κ2) is 7.69. The number of rotatable bonds is 4. The molecule has 2 atom stereocenters. The van der Waals surface area contributed by atoms with Crippen LogP contribution in [0.2, 0.25) is 0 Å². The van der Waals surface area contributed by atoms with Gasteiger partial charge in [0.25, 0.3) is 0 Å². The lowest BCUT2D eigenvalue weighted by Crippen LogP contribution is -2.47. The molecule has 0 radical (unpaired) electrons. The lowest BCUT2D eigenvalue weighted by Gasteiger charge is -2.41. The molecule has 2 heterocycles. The third kappa shape index (κ3) is 4.00. The Morgan fingerprint density at radius 3 is 2.71 bits per heavy atom. The van der Waals surface area contributed by atoms with Crippen molar-refractivity contribution in [3.8, 4) is 0 Å². The first-order valence-electron chi connectivity index (χ1n) is 9.62. The van der Waals surface area contributed by atoms with Gasteiger partial charge in [-0.25, -0.2) is 0 Å². The summed E-state index contributed by atoms with van der Waals surface area (Å²) in [4.78, 5) is 15.0. The average Bonchev–Trinajstić information content (AvgIpc) is 2.63. The molecule has 0 bridgehead atoms. The molecule has 2 fully saturated rings. The Morgan fingerprint density at radius 1 is 1.29 bits per heavy atom. The maximum absolute atomic E-state index is 12.9. The highest BCUT2D eigenvalue weighted by Crippen LogP contribution is 2.34. The van der Waals surface area contributed by atoms with E-state index in [-0.39, 0.29) is 5.41 Å². The second-order valence-corrected chi connectivity index (χ2v) is 8.11. The molecule has 1 aromatic carbocycles. The van der Waals surface area contributed by atoms with Gasteiger partial charge in [0.2, 0.25) is 5.91 Å². The van der Waals surface area contributed by atoms with Gasteiger partial charge >= 0.3 is 0 Å². The van der Waals surface area contributed by atoms with Crippen LogP contribution in [-0.4, -0.2) is 37.0 Å². The smallest absolute Gasteiger partial charge is 0.222 e. The summed E-state index contributed by atoms with van der Waals surface area (Å²) in [6.07, 6.45) is 5.44. The largest absolute Gasteiger partial charge is 0.342 e. The van der Waals surface area contributed by atoms with Crippen molar-refractivity contribution in [3.05, 3.63) is 35.9 Å². The van der Waals surface area contributed by atoms with Gasteiger partial charge in [0.15, 0.2) is 0 Å². The lowest BCUT2D eigenvalue weighted by atomic mass is 9.75. The minimum atomic E-state index is 0.104. The molecule has 2 aliphatic rings. The number of piperidine rings is 2. The molecular formula is C21H32N2O. The van der Waals surface area contributed by atoms with Crippen LogP contribution < -0.4 is 5.32 Å². The molecule has 3 heteroatoms. The summed E-state index contributed by atoms with van der Waals surface area (Å²) >= 11 is 0. The molecule has 132 valence electrons. The van der Waals surface area contributed by atoms with Crippen molar-refractivity contribution >= 4 is 5.91 Å². The summed E-state index contributed by atoms with van der Waals surface area (Å²) < 4.78 is 0. The third-order valence-corrected chi connectivity index (χ3v) is 6.20. The number of amides is 1. The van der Waals surface area contributed by atoms with Crippen molar-refractivity contribution in [2.24, 2.45) is 11.8 Å². The van der Waals surface area contributed by atoms with Crippen molar-refractivity contribution in [2.45, 2.75) is 51.4 Å². The Hall–Kier alpha value is -1.35. The fraction of sp³-hybridized carbons (Fsp3) is 0.667. The number of nitrogens with zero attached hydrogens (tertiary/aromatic N) is 1. The average molecular weight is 329 g/mol. The molecule has 1 aromatic rings. The zero-order valence-electron chi connectivity index (χ0n) is 15.3. The van der Waals surface area contributed by atoms with Crippen molar-refractivity contribution < 1.29 is 4.79 Å². The molecular weight excluding hydrogens is 296 g/mol. The Labute approximate surface area is 146 Å². The van der Waals surface area contributed by atoms with E-state index in [1.807, 2.05) is 0 Å². The van der Waals surface area contributed by atoms with Gasteiger partial charge in [0.1, 0.15) is 0 Å². The normalized spacial score (nSPS) is 27.0. The fourth-order valence-electron chi connectivity index (χ4n) is 4.51. The van der Waals surface area contributed by atoms with Crippen LogP contribution in [0.1, 0.15) is 51.5 Å². The maximum Gasteiger partial charge on any atom is 0.222 e. The fourth-order valence-corrected chi connectivity index (χ4v) is 4.51. The SMILES string of the molecule is CC(CC(=O)N1CCCC(C)(c2ccccc2)C1)C1CCNCC1. The van der Waals surface area contributed by atoms with Crippen molar-refractivity contribution in [1.82, 2.24) is 10.2 Å². The molecule has 2 saturated heterocycles. The monoisotopic (exact) mass is 328 g/mol. The predicted octanol–water partition coefficient (Wildman–Crippen LogP) is 3.59. The number of nitrogens with one attached hydrogen (secondary N) is 1. The molecule has 2 aliphatic heterocycles. The van der Waals surface area contributed by atoms with Gasteiger partial charge in [-0.3, -0.25) is 4.79 Å². The summed E-state index contributed by atoms with van der Waals surface area (Å²) in [6.45, 7) is 8.61. The summed E-state index contributed by atoms with van der Waals surface area (Å²) in [5.41, 5.74) is 1.47. The minimum Gasteiger partial charge on any atom is -0.342 e. The van der Waals surface area contributed by atoms with E-state index < -0.39 is 0 Å². The topological polar surface area (TPSA) is 32.3 Å². The first kappa shape index (κ1) is 17.5. The van der Waals surface area contributed by atoms with Gasteiger partial charge in [0.05, 0.1) is 0 Å². The number of carbonyl (C=O) groups excluding carboxylic acids is 1. The van der Waals surface area contributed by atoms with Gasteiger partial charge in [-0.1, -0.05) is 44.2 Å². The first-order valence-corrected chi connectivity index (χ1v) is 9.62. The van der Waals surface area contributed by atoms with Crippen LogP contribution in [0.15, 0.2) is 30.3 Å². The van der Waals surface area contributed by atoms with Crippen LogP contribution in [0.3, 0.4) is 0 Å². The van der Waals surface area contributed by atoms with Gasteiger partial charge < -0.3 is 10.2 Å². The van der Waals surface area contributed by atoms with E-state index in [0.717, 1.165) is 39.0 Å². The van der Waals surface area contributed by atoms with Crippen LogP contribution in [0.4, 0.5) is 0 Å². The highest BCUT2D eigenvalue weighted by Gasteiger charge is 2.35. The molecule has 0 saturated carbocycles. The number of benzene rings is 1. The Bertz CT molecular complexity index is 538. The number of hydrogen-bond acceptors (Lipinski definition) is 2. The van der Waals surface area contributed by atoms with E-state index in [2.05, 4.69) is 54.4 Å². The zero-order chi connectivity index (χ0) is 17.0. The molecule has 2 unspecified atom stereocenters. The summed E-state index contributed by atoms with van der Waals surface area (Å²) in [5, 5.41) is 3.42. The molecule has 3 nitrogen and oxygen atoms in total. The molecule has 0 spiro atoms. The van der Waals surface area contributed by atoms with Crippen LogP contribution in [0.25, 0.3) is 0 Å². The molecule has 1 amide bonds. The van der Waals surface area contributed by atoms with E-state index in [4.69, 9.17) is 0 Å². The summed E-state index contributed by atoms with van der Waals surface area (Å²) in [5.74, 6) is 1.58. The van der Waals surface area contributed by atoms with Gasteiger partial charge in [0, 0.05) is 24.9 Å². The number of likely N-dealkylation sites (tertiary alicyclic amines) is 1. The highest BCUT2D eigenvalue weighted by molar-refractivity contribution is 5.76. The maximum atomic E-state index is 12.9. The Kier molecular flexibility index (Phi) is 5.60. The Morgan fingerprint density at radius 2 is 2.00 bits per heavy atom. The van der Waals surface area contributed by atoms with Crippen LogP contribution in [0, 0.1) is 11.8 Å². The van der Waals surface area contributed by atoms with Crippen molar-refractivity contribution in [3.63, 3.8) is 0 Å². The highest BCUT2D eigenvalue weighted by atomic mass is 16.2. The molecule has 24 heavy (non-hydrogen) atoms. The molecule has 1 N–H and O–H groups in total.